The number of para-hydroxylation sites is 1. The number of anilines is 1. The Hall–Kier alpha value is -3.22. The third-order valence-electron chi connectivity index (χ3n) is 5.90. The molecule has 1 unspecified atom stereocenters. The van der Waals surface area contributed by atoms with Crippen molar-refractivity contribution in [2.24, 2.45) is 5.41 Å². The lowest BCUT2D eigenvalue weighted by Crippen LogP contribution is -2.65. The fraction of sp³-hybridized carbons (Fsp3) is 0.200. The van der Waals surface area contributed by atoms with Gasteiger partial charge in [-0.1, -0.05) is 53.5 Å². The number of halogens is 2. The molecule has 1 N–H and O–H groups in total. The molecule has 1 fully saturated rings. The van der Waals surface area contributed by atoms with Crippen LogP contribution in [-0.2, 0) is 22.4 Å². The monoisotopic (exact) mass is 481 g/mol. The molecule has 8 heteroatoms. The minimum absolute atomic E-state index is 0.0569. The molecule has 1 saturated heterocycles. The van der Waals surface area contributed by atoms with E-state index >= 15 is 0 Å². The summed E-state index contributed by atoms with van der Waals surface area (Å²) in [6.07, 6.45) is 2.06. The van der Waals surface area contributed by atoms with Crippen LogP contribution in [0.1, 0.15) is 23.2 Å². The summed E-state index contributed by atoms with van der Waals surface area (Å²) in [5, 5.41) is 3.09. The molecule has 1 aliphatic heterocycles. The fourth-order valence-electron chi connectivity index (χ4n) is 4.06. The summed E-state index contributed by atoms with van der Waals surface area (Å²) in [4.78, 5) is 45.6. The average molecular weight is 482 g/mol. The van der Waals surface area contributed by atoms with Crippen molar-refractivity contribution in [1.82, 2.24) is 10.3 Å². The Morgan fingerprint density at radius 1 is 0.939 bits per heavy atom. The topological polar surface area (TPSA) is 79.4 Å². The number of carbonyl (C=O) groups is 3. The second-order valence-electron chi connectivity index (χ2n) is 7.97. The molecule has 0 radical (unpaired) electrons. The molecule has 3 aromatic rings. The van der Waals surface area contributed by atoms with E-state index in [2.05, 4.69) is 10.3 Å². The lowest BCUT2D eigenvalue weighted by molar-refractivity contribution is -0.143. The lowest BCUT2D eigenvalue weighted by Gasteiger charge is -2.40. The zero-order valence-corrected chi connectivity index (χ0v) is 19.4. The van der Waals surface area contributed by atoms with Gasteiger partial charge in [-0.15, -0.1) is 0 Å². The quantitative estimate of drug-likeness (QED) is 0.494. The Kier molecular flexibility index (Phi) is 6.49. The van der Waals surface area contributed by atoms with Crippen LogP contribution in [0.15, 0.2) is 66.9 Å². The van der Waals surface area contributed by atoms with Crippen molar-refractivity contribution in [3.63, 3.8) is 0 Å². The van der Waals surface area contributed by atoms with Crippen molar-refractivity contribution in [1.29, 1.82) is 0 Å². The SMILES string of the molecule is Cc1ccccc1N1C(=O)NC(=O)C(CCc2ccccn2)(Cc2c(Cl)cccc2Cl)C1=O. The second kappa shape index (κ2) is 9.33. The fourth-order valence-corrected chi connectivity index (χ4v) is 4.60. The number of barbiturate groups is 1. The van der Waals surface area contributed by atoms with E-state index in [-0.39, 0.29) is 12.8 Å². The minimum atomic E-state index is -1.61. The van der Waals surface area contributed by atoms with Crippen molar-refractivity contribution in [3.8, 4) is 0 Å². The molecule has 1 atom stereocenters. The largest absolute Gasteiger partial charge is 0.335 e. The van der Waals surface area contributed by atoms with E-state index in [1.165, 1.54) is 0 Å². The van der Waals surface area contributed by atoms with Gasteiger partial charge in [-0.25, -0.2) is 9.69 Å². The van der Waals surface area contributed by atoms with Crippen LogP contribution >= 0.6 is 23.2 Å². The van der Waals surface area contributed by atoms with Crippen molar-refractivity contribution in [2.45, 2.75) is 26.2 Å². The Bertz CT molecular complexity index is 1210. The summed E-state index contributed by atoms with van der Waals surface area (Å²) in [7, 11) is 0. The van der Waals surface area contributed by atoms with E-state index in [4.69, 9.17) is 23.2 Å². The number of carbonyl (C=O) groups excluding carboxylic acids is 3. The maximum absolute atomic E-state index is 14.0. The molecule has 4 amide bonds. The first-order chi connectivity index (χ1) is 15.8. The number of urea groups is 1. The number of benzene rings is 2. The number of hydrogen-bond donors (Lipinski definition) is 1. The summed E-state index contributed by atoms with van der Waals surface area (Å²) in [6.45, 7) is 1.80. The van der Waals surface area contributed by atoms with Gasteiger partial charge in [-0.3, -0.25) is 19.9 Å². The normalized spacial score (nSPS) is 18.4. The van der Waals surface area contributed by atoms with Gasteiger partial charge in [0.1, 0.15) is 5.41 Å². The molecule has 168 valence electrons. The maximum Gasteiger partial charge on any atom is 0.335 e. The number of rotatable bonds is 6. The van der Waals surface area contributed by atoms with Gasteiger partial charge < -0.3 is 0 Å². The molecular weight excluding hydrogens is 461 g/mol. The molecule has 6 nitrogen and oxygen atoms in total. The number of nitrogens with zero attached hydrogens (tertiary/aromatic N) is 2. The van der Waals surface area contributed by atoms with Gasteiger partial charge >= 0.3 is 6.03 Å². The molecule has 33 heavy (non-hydrogen) atoms. The minimum Gasteiger partial charge on any atom is -0.276 e. The highest BCUT2D eigenvalue weighted by Gasteiger charge is 2.54. The number of aromatic nitrogens is 1. The van der Waals surface area contributed by atoms with Gasteiger partial charge in [0.25, 0.3) is 5.91 Å². The van der Waals surface area contributed by atoms with Gasteiger partial charge in [0.15, 0.2) is 0 Å². The first-order valence-corrected chi connectivity index (χ1v) is 11.2. The maximum atomic E-state index is 14.0. The first-order valence-electron chi connectivity index (χ1n) is 10.4. The van der Waals surface area contributed by atoms with Crippen LogP contribution < -0.4 is 10.2 Å². The van der Waals surface area contributed by atoms with E-state index in [1.54, 1.807) is 55.6 Å². The molecular formula is C25H21Cl2N3O3. The number of imide groups is 2. The van der Waals surface area contributed by atoms with Crippen LogP contribution in [0, 0.1) is 12.3 Å². The Morgan fingerprint density at radius 3 is 2.30 bits per heavy atom. The number of pyridine rings is 1. The number of hydrogen-bond acceptors (Lipinski definition) is 4. The lowest BCUT2D eigenvalue weighted by atomic mass is 9.74. The summed E-state index contributed by atoms with van der Waals surface area (Å²) >= 11 is 12.8. The zero-order valence-electron chi connectivity index (χ0n) is 17.8. The van der Waals surface area contributed by atoms with E-state index < -0.39 is 23.3 Å². The highest BCUT2D eigenvalue weighted by atomic mass is 35.5. The van der Waals surface area contributed by atoms with E-state index in [0.717, 1.165) is 16.2 Å². The Morgan fingerprint density at radius 2 is 1.64 bits per heavy atom. The van der Waals surface area contributed by atoms with Crippen LogP contribution in [-0.4, -0.2) is 22.8 Å². The summed E-state index contributed by atoms with van der Waals surface area (Å²) in [6, 6.07) is 16.7. The predicted molar refractivity (Wildman–Crippen MR) is 127 cm³/mol. The highest BCUT2D eigenvalue weighted by Crippen LogP contribution is 2.40. The zero-order chi connectivity index (χ0) is 23.6. The summed E-state index contributed by atoms with van der Waals surface area (Å²) < 4.78 is 0. The van der Waals surface area contributed by atoms with Gasteiger partial charge in [0.05, 0.1) is 5.69 Å². The number of amides is 4. The molecule has 0 saturated carbocycles. The standard InChI is InChI=1S/C25H21Cl2N3O3/c1-16-7-2-3-11-21(16)30-23(32)25(22(31)29-24(30)33,13-12-17-8-4-5-14-28-17)15-18-19(26)9-6-10-20(18)27/h2-11,14H,12-13,15H2,1H3,(H,29,31,33). The van der Waals surface area contributed by atoms with Crippen LogP contribution in [0.2, 0.25) is 10.0 Å². The predicted octanol–water partition coefficient (Wildman–Crippen LogP) is 5.14. The van der Waals surface area contributed by atoms with Gasteiger partial charge in [0, 0.05) is 21.9 Å². The number of nitrogens with one attached hydrogen (secondary N) is 1. The van der Waals surface area contributed by atoms with Gasteiger partial charge in [0.2, 0.25) is 5.91 Å². The van der Waals surface area contributed by atoms with Crippen LogP contribution in [0.3, 0.4) is 0 Å². The van der Waals surface area contributed by atoms with Crippen molar-refractivity contribution in [3.05, 3.63) is 93.7 Å². The third kappa shape index (κ3) is 4.36. The van der Waals surface area contributed by atoms with E-state index in [0.29, 0.717) is 27.7 Å². The highest BCUT2D eigenvalue weighted by molar-refractivity contribution is 6.36. The summed E-state index contributed by atoms with van der Waals surface area (Å²) in [5.41, 5.74) is 0.735. The second-order valence-corrected chi connectivity index (χ2v) is 8.78. The van der Waals surface area contributed by atoms with Crippen LogP contribution in [0.25, 0.3) is 0 Å². The Balaban J connectivity index is 1.82. The molecule has 1 aliphatic rings. The van der Waals surface area contributed by atoms with E-state index in [1.807, 2.05) is 18.2 Å². The molecule has 1 aromatic heterocycles. The third-order valence-corrected chi connectivity index (χ3v) is 6.61. The van der Waals surface area contributed by atoms with Crippen LogP contribution in [0.4, 0.5) is 10.5 Å². The molecule has 4 rings (SSSR count). The Labute approximate surface area is 201 Å². The molecule has 2 heterocycles. The molecule has 0 aliphatic carbocycles. The average Bonchev–Trinajstić information content (AvgIpc) is 2.80. The van der Waals surface area contributed by atoms with Crippen molar-refractivity contribution in [2.75, 3.05) is 4.90 Å². The molecule has 2 aromatic carbocycles. The van der Waals surface area contributed by atoms with Gasteiger partial charge in [-0.2, -0.15) is 0 Å². The molecule has 0 spiro atoms. The number of aryl methyl sites for hydroxylation is 2. The molecule has 0 bridgehead atoms. The first kappa shape index (κ1) is 23.0. The van der Waals surface area contributed by atoms with E-state index in [9.17, 15) is 14.4 Å². The van der Waals surface area contributed by atoms with Crippen LogP contribution in [0.5, 0.6) is 0 Å². The smallest absolute Gasteiger partial charge is 0.276 e. The van der Waals surface area contributed by atoms with Gasteiger partial charge in [-0.05, 0) is 67.6 Å². The van der Waals surface area contributed by atoms with Crippen molar-refractivity contribution < 1.29 is 14.4 Å². The van der Waals surface area contributed by atoms with Crippen molar-refractivity contribution >= 4 is 46.7 Å². The summed E-state index contributed by atoms with van der Waals surface area (Å²) in [5.74, 6) is -1.29.